The van der Waals surface area contributed by atoms with Gasteiger partial charge >= 0.3 is 0 Å². The van der Waals surface area contributed by atoms with Crippen molar-refractivity contribution in [1.29, 1.82) is 0 Å². The molecule has 3 aromatic heterocycles. The van der Waals surface area contributed by atoms with E-state index in [0.717, 1.165) is 58.3 Å². The minimum Gasteiger partial charge on any atom is -0.465 e. The molecule has 0 atom stereocenters. The number of furan rings is 1. The lowest BCUT2D eigenvalue weighted by atomic mass is 9.85. The molecule has 36 heavy (non-hydrogen) atoms. The predicted molar refractivity (Wildman–Crippen MR) is 137 cm³/mol. The molecule has 1 aromatic carbocycles. The highest BCUT2D eigenvalue weighted by Crippen LogP contribution is 2.36. The molecular weight excluding hydrogens is 452 g/mol. The molecule has 1 saturated heterocycles. The molecule has 0 spiro atoms. The van der Waals surface area contributed by atoms with Gasteiger partial charge in [0.05, 0.1) is 23.0 Å². The van der Waals surface area contributed by atoms with Crippen LogP contribution in [0.5, 0.6) is 0 Å². The molecule has 1 aliphatic carbocycles. The van der Waals surface area contributed by atoms with Crippen LogP contribution in [-0.4, -0.2) is 57.8 Å². The minimum absolute atomic E-state index is 0.00836. The molecule has 0 N–H and O–H groups in total. The number of piperazine rings is 1. The third-order valence-electron chi connectivity index (χ3n) is 6.98. The van der Waals surface area contributed by atoms with Gasteiger partial charge in [0.1, 0.15) is 11.5 Å². The van der Waals surface area contributed by atoms with E-state index in [-0.39, 0.29) is 11.8 Å². The predicted octanol–water partition coefficient (Wildman–Crippen LogP) is 4.70. The Balaban J connectivity index is 1.32. The second kappa shape index (κ2) is 9.41. The maximum atomic E-state index is 14.0. The molecule has 1 aliphatic heterocycles. The first kappa shape index (κ1) is 22.2. The number of amides is 2. The Kier molecular flexibility index (Phi) is 5.81. The number of fused-ring (bicyclic) bond motifs is 2. The van der Waals surface area contributed by atoms with E-state index in [1.165, 1.54) is 0 Å². The van der Waals surface area contributed by atoms with Crippen LogP contribution in [0.25, 0.3) is 22.6 Å². The van der Waals surface area contributed by atoms with Gasteiger partial charge in [-0.15, -0.1) is 0 Å². The fourth-order valence-corrected chi connectivity index (χ4v) is 5.19. The molecule has 180 valence electrons. The van der Waals surface area contributed by atoms with Crippen LogP contribution in [0.3, 0.4) is 0 Å². The second-order valence-electron chi connectivity index (χ2n) is 9.17. The highest BCUT2D eigenvalue weighted by atomic mass is 16.3. The van der Waals surface area contributed by atoms with Crippen LogP contribution in [-0.2, 0) is 6.42 Å². The van der Waals surface area contributed by atoms with Crippen LogP contribution >= 0.6 is 0 Å². The van der Waals surface area contributed by atoms with Crippen molar-refractivity contribution in [3.63, 3.8) is 0 Å². The summed E-state index contributed by atoms with van der Waals surface area (Å²) >= 11 is 0. The van der Waals surface area contributed by atoms with Gasteiger partial charge in [0.15, 0.2) is 0 Å². The van der Waals surface area contributed by atoms with Gasteiger partial charge in [-0.05, 0) is 66.8 Å². The molecule has 0 bridgehead atoms. The van der Waals surface area contributed by atoms with Crippen molar-refractivity contribution in [3.8, 4) is 0 Å². The van der Waals surface area contributed by atoms with Gasteiger partial charge in [-0.3, -0.25) is 14.6 Å². The molecular formula is C29H26N4O3. The van der Waals surface area contributed by atoms with E-state index in [9.17, 15) is 9.59 Å². The number of aromatic nitrogens is 2. The Morgan fingerprint density at radius 1 is 0.861 bits per heavy atom. The number of hydrogen-bond donors (Lipinski definition) is 0. The normalized spacial score (nSPS) is 16.8. The van der Waals surface area contributed by atoms with Crippen molar-refractivity contribution in [2.75, 3.05) is 26.2 Å². The van der Waals surface area contributed by atoms with Crippen molar-refractivity contribution >= 4 is 34.4 Å². The third kappa shape index (κ3) is 4.06. The number of carbonyl (C=O) groups is 2. The van der Waals surface area contributed by atoms with Crippen LogP contribution in [0, 0.1) is 0 Å². The number of rotatable bonds is 3. The van der Waals surface area contributed by atoms with E-state index in [2.05, 4.69) is 4.98 Å². The number of pyridine rings is 2. The average molecular weight is 479 g/mol. The number of para-hydroxylation sites is 1. The Bertz CT molecular complexity index is 1450. The van der Waals surface area contributed by atoms with Crippen LogP contribution < -0.4 is 0 Å². The monoisotopic (exact) mass is 478 g/mol. The lowest BCUT2D eigenvalue weighted by Crippen LogP contribution is -2.51. The van der Waals surface area contributed by atoms with Gasteiger partial charge in [0, 0.05) is 37.8 Å². The summed E-state index contributed by atoms with van der Waals surface area (Å²) < 4.78 is 5.56. The third-order valence-corrected chi connectivity index (χ3v) is 6.98. The summed E-state index contributed by atoms with van der Waals surface area (Å²) in [4.78, 5) is 39.6. The molecule has 2 aliphatic rings. The standard InChI is InChI=1S/C29H26N4O3/c34-28(25-12-3-4-13-30-25)32-14-16-33(17-15-32)29(35)26-22-9-1-2-11-24(22)31-27-20(7-5-10-23(26)27)19-21-8-6-18-36-21/h1-4,6,8-9,11-13,18-19H,5,7,10,14-17H2/b20-19+. The fraction of sp³-hybridized carbons (Fsp3) is 0.241. The van der Waals surface area contributed by atoms with Gasteiger partial charge in [-0.1, -0.05) is 24.3 Å². The fourth-order valence-electron chi connectivity index (χ4n) is 5.19. The smallest absolute Gasteiger partial charge is 0.272 e. The maximum absolute atomic E-state index is 14.0. The maximum Gasteiger partial charge on any atom is 0.272 e. The van der Waals surface area contributed by atoms with Gasteiger partial charge in [-0.25, -0.2) is 4.98 Å². The average Bonchev–Trinajstić information content (AvgIpc) is 3.45. The number of hydrogen-bond acceptors (Lipinski definition) is 5. The quantitative estimate of drug-likeness (QED) is 0.427. The first-order valence-corrected chi connectivity index (χ1v) is 12.3. The van der Waals surface area contributed by atoms with E-state index >= 15 is 0 Å². The molecule has 1 fully saturated rings. The van der Waals surface area contributed by atoms with Gasteiger partial charge < -0.3 is 14.2 Å². The van der Waals surface area contributed by atoms with Gasteiger partial charge in [0.25, 0.3) is 11.8 Å². The first-order chi connectivity index (χ1) is 17.7. The summed E-state index contributed by atoms with van der Waals surface area (Å²) in [7, 11) is 0. The van der Waals surface area contributed by atoms with E-state index in [4.69, 9.17) is 9.40 Å². The molecule has 4 aromatic rings. The Morgan fingerprint density at radius 2 is 1.64 bits per heavy atom. The van der Waals surface area contributed by atoms with Crippen molar-refractivity contribution in [3.05, 3.63) is 95.3 Å². The minimum atomic E-state index is -0.0952. The van der Waals surface area contributed by atoms with Gasteiger partial charge in [-0.2, -0.15) is 0 Å². The van der Waals surface area contributed by atoms with Gasteiger partial charge in [0.2, 0.25) is 0 Å². The van der Waals surface area contributed by atoms with Crippen LogP contribution in [0.1, 0.15) is 50.7 Å². The van der Waals surface area contributed by atoms with E-state index in [1.54, 1.807) is 29.5 Å². The largest absolute Gasteiger partial charge is 0.465 e. The van der Waals surface area contributed by atoms with E-state index < -0.39 is 0 Å². The van der Waals surface area contributed by atoms with Crippen LogP contribution in [0.2, 0.25) is 0 Å². The van der Waals surface area contributed by atoms with E-state index in [1.807, 2.05) is 53.4 Å². The number of benzene rings is 1. The Morgan fingerprint density at radius 3 is 2.39 bits per heavy atom. The first-order valence-electron chi connectivity index (χ1n) is 12.3. The van der Waals surface area contributed by atoms with Crippen molar-refractivity contribution < 1.29 is 14.0 Å². The SMILES string of the molecule is O=C(c1ccccn1)N1CCN(C(=O)c2c3c(nc4ccccc24)/C(=C/c2ccco2)CCC3)CC1. The lowest BCUT2D eigenvalue weighted by Gasteiger charge is -2.35. The molecule has 0 unspecified atom stereocenters. The summed E-state index contributed by atoms with van der Waals surface area (Å²) in [6, 6.07) is 17.0. The second-order valence-corrected chi connectivity index (χ2v) is 9.17. The molecule has 4 heterocycles. The number of carbonyl (C=O) groups excluding carboxylic acids is 2. The summed E-state index contributed by atoms with van der Waals surface area (Å²) in [5.41, 5.74) is 4.98. The zero-order valence-electron chi connectivity index (χ0n) is 19.9. The number of nitrogens with zero attached hydrogens (tertiary/aromatic N) is 4. The Hall–Kier alpha value is -4.26. The van der Waals surface area contributed by atoms with Crippen molar-refractivity contribution in [2.24, 2.45) is 0 Å². The summed E-state index contributed by atoms with van der Waals surface area (Å²) in [5.74, 6) is 0.700. The lowest BCUT2D eigenvalue weighted by molar-refractivity contribution is 0.0532. The van der Waals surface area contributed by atoms with Crippen LogP contribution in [0.4, 0.5) is 0 Å². The topological polar surface area (TPSA) is 79.5 Å². The number of allylic oxidation sites excluding steroid dienone is 1. The summed E-state index contributed by atoms with van der Waals surface area (Å²) in [6.45, 7) is 1.93. The summed E-state index contributed by atoms with van der Waals surface area (Å²) in [6.07, 6.45) is 7.97. The molecule has 0 saturated carbocycles. The molecule has 7 heteroatoms. The zero-order chi connectivity index (χ0) is 24.5. The highest BCUT2D eigenvalue weighted by molar-refractivity contribution is 6.09. The van der Waals surface area contributed by atoms with E-state index in [0.29, 0.717) is 31.9 Å². The Labute approximate surface area is 209 Å². The molecule has 7 nitrogen and oxygen atoms in total. The molecule has 6 rings (SSSR count). The zero-order valence-corrected chi connectivity index (χ0v) is 19.9. The highest BCUT2D eigenvalue weighted by Gasteiger charge is 2.31. The van der Waals surface area contributed by atoms with Crippen molar-refractivity contribution in [1.82, 2.24) is 19.8 Å². The molecule has 0 radical (unpaired) electrons. The molecule has 2 amide bonds. The summed E-state index contributed by atoms with van der Waals surface area (Å²) in [5, 5.41) is 0.882. The van der Waals surface area contributed by atoms with Crippen LogP contribution in [0.15, 0.2) is 71.5 Å². The van der Waals surface area contributed by atoms with Crippen molar-refractivity contribution in [2.45, 2.75) is 19.3 Å².